The summed E-state index contributed by atoms with van der Waals surface area (Å²) in [6, 6.07) is 6.85. The SMILES string of the molecule is CC(C)(CCO)NCc1cccc(C(=O)O)c1. The molecule has 0 unspecified atom stereocenters. The first kappa shape index (κ1) is 13.7. The van der Waals surface area contributed by atoms with E-state index in [0.29, 0.717) is 18.5 Å². The van der Waals surface area contributed by atoms with Crippen molar-refractivity contribution in [1.82, 2.24) is 5.32 Å². The molecule has 3 N–H and O–H groups in total. The second kappa shape index (κ2) is 5.80. The van der Waals surface area contributed by atoms with Gasteiger partial charge in [0.25, 0.3) is 0 Å². The summed E-state index contributed by atoms with van der Waals surface area (Å²) < 4.78 is 0. The molecule has 17 heavy (non-hydrogen) atoms. The van der Waals surface area contributed by atoms with E-state index in [1.54, 1.807) is 18.2 Å². The van der Waals surface area contributed by atoms with Crippen molar-refractivity contribution < 1.29 is 15.0 Å². The third-order valence-electron chi connectivity index (χ3n) is 2.68. The molecule has 1 aromatic rings. The van der Waals surface area contributed by atoms with Crippen molar-refractivity contribution in [3.8, 4) is 0 Å². The van der Waals surface area contributed by atoms with Gasteiger partial charge in [-0.1, -0.05) is 12.1 Å². The number of hydrogen-bond donors (Lipinski definition) is 3. The summed E-state index contributed by atoms with van der Waals surface area (Å²) in [5, 5.41) is 21.1. The number of nitrogens with one attached hydrogen (secondary N) is 1. The van der Waals surface area contributed by atoms with E-state index in [1.807, 2.05) is 19.9 Å². The molecular weight excluding hydrogens is 218 g/mol. The van der Waals surface area contributed by atoms with Crippen LogP contribution in [0.5, 0.6) is 0 Å². The van der Waals surface area contributed by atoms with Gasteiger partial charge in [0.2, 0.25) is 0 Å². The average Bonchev–Trinajstić information content (AvgIpc) is 2.27. The number of carboxylic acid groups (broad SMARTS) is 1. The Balaban J connectivity index is 2.63. The van der Waals surface area contributed by atoms with Gasteiger partial charge in [0.15, 0.2) is 0 Å². The van der Waals surface area contributed by atoms with Gasteiger partial charge in [-0.25, -0.2) is 4.79 Å². The van der Waals surface area contributed by atoms with E-state index >= 15 is 0 Å². The quantitative estimate of drug-likeness (QED) is 0.703. The zero-order valence-electron chi connectivity index (χ0n) is 10.2. The van der Waals surface area contributed by atoms with Crippen molar-refractivity contribution in [2.45, 2.75) is 32.4 Å². The predicted molar refractivity (Wildman–Crippen MR) is 66.0 cm³/mol. The van der Waals surface area contributed by atoms with Gasteiger partial charge in [-0.05, 0) is 38.0 Å². The largest absolute Gasteiger partial charge is 0.478 e. The molecule has 0 aliphatic rings. The van der Waals surface area contributed by atoms with Crippen LogP contribution in [0.2, 0.25) is 0 Å². The number of aliphatic hydroxyl groups excluding tert-OH is 1. The standard InChI is InChI=1S/C13H19NO3/c1-13(2,6-7-15)14-9-10-4-3-5-11(8-10)12(16)17/h3-5,8,14-15H,6-7,9H2,1-2H3,(H,16,17). The molecule has 1 aromatic carbocycles. The molecule has 1 rings (SSSR count). The first-order valence-electron chi connectivity index (χ1n) is 5.63. The maximum atomic E-state index is 10.8. The minimum absolute atomic E-state index is 0.134. The summed E-state index contributed by atoms with van der Waals surface area (Å²) in [4.78, 5) is 10.8. The van der Waals surface area contributed by atoms with Gasteiger partial charge in [-0.2, -0.15) is 0 Å². The fourth-order valence-corrected chi connectivity index (χ4v) is 1.52. The molecular formula is C13H19NO3. The summed E-state index contributed by atoms with van der Waals surface area (Å²) >= 11 is 0. The summed E-state index contributed by atoms with van der Waals surface area (Å²) in [5.74, 6) is -0.915. The lowest BCUT2D eigenvalue weighted by Gasteiger charge is -2.25. The smallest absolute Gasteiger partial charge is 0.335 e. The van der Waals surface area contributed by atoms with Crippen LogP contribution in [-0.2, 0) is 6.54 Å². The lowest BCUT2D eigenvalue weighted by Crippen LogP contribution is -2.39. The number of carboxylic acids is 1. The van der Waals surface area contributed by atoms with Crippen LogP contribution in [0, 0.1) is 0 Å². The second-order valence-electron chi connectivity index (χ2n) is 4.72. The van der Waals surface area contributed by atoms with Crippen molar-refractivity contribution in [3.63, 3.8) is 0 Å². The number of hydrogen-bond acceptors (Lipinski definition) is 3. The Morgan fingerprint density at radius 1 is 1.41 bits per heavy atom. The molecule has 0 amide bonds. The third kappa shape index (κ3) is 4.54. The van der Waals surface area contributed by atoms with E-state index < -0.39 is 5.97 Å². The van der Waals surface area contributed by atoms with Crippen molar-refractivity contribution in [1.29, 1.82) is 0 Å². The third-order valence-corrected chi connectivity index (χ3v) is 2.68. The van der Waals surface area contributed by atoms with Crippen molar-refractivity contribution in [2.24, 2.45) is 0 Å². The van der Waals surface area contributed by atoms with Crippen LogP contribution in [-0.4, -0.2) is 28.3 Å². The number of aromatic carboxylic acids is 1. The van der Waals surface area contributed by atoms with Gasteiger partial charge >= 0.3 is 5.97 Å². The van der Waals surface area contributed by atoms with Crippen LogP contribution in [0.4, 0.5) is 0 Å². The number of benzene rings is 1. The van der Waals surface area contributed by atoms with Crippen LogP contribution >= 0.6 is 0 Å². The Kier molecular flexibility index (Phi) is 4.66. The Bertz CT molecular complexity index is 388. The highest BCUT2D eigenvalue weighted by Crippen LogP contribution is 2.10. The molecule has 94 valence electrons. The zero-order valence-corrected chi connectivity index (χ0v) is 10.2. The molecule has 4 heteroatoms. The van der Waals surface area contributed by atoms with E-state index in [0.717, 1.165) is 5.56 Å². The number of carbonyl (C=O) groups is 1. The normalized spacial score (nSPS) is 11.5. The van der Waals surface area contributed by atoms with Crippen molar-refractivity contribution in [2.75, 3.05) is 6.61 Å². The van der Waals surface area contributed by atoms with Gasteiger partial charge in [0.1, 0.15) is 0 Å². The van der Waals surface area contributed by atoms with Crippen LogP contribution in [0.1, 0.15) is 36.2 Å². The Labute approximate surface area is 101 Å². The Morgan fingerprint density at radius 2 is 2.12 bits per heavy atom. The van der Waals surface area contributed by atoms with Crippen LogP contribution in [0.15, 0.2) is 24.3 Å². The first-order chi connectivity index (χ1) is 7.94. The topological polar surface area (TPSA) is 69.6 Å². The summed E-state index contributed by atoms with van der Waals surface area (Å²) in [7, 11) is 0. The highest BCUT2D eigenvalue weighted by atomic mass is 16.4. The second-order valence-corrected chi connectivity index (χ2v) is 4.72. The molecule has 0 spiro atoms. The minimum Gasteiger partial charge on any atom is -0.478 e. The molecule has 0 saturated heterocycles. The highest BCUT2D eigenvalue weighted by molar-refractivity contribution is 5.87. The summed E-state index contributed by atoms with van der Waals surface area (Å²) in [5.41, 5.74) is 1.06. The summed E-state index contributed by atoms with van der Waals surface area (Å²) in [6.45, 7) is 4.73. The molecule has 0 aliphatic heterocycles. The molecule has 0 aliphatic carbocycles. The van der Waals surface area contributed by atoms with Crippen LogP contribution in [0.3, 0.4) is 0 Å². The van der Waals surface area contributed by atoms with E-state index in [1.165, 1.54) is 0 Å². The Morgan fingerprint density at radius 3 is 2.71 bits per heavy atom. The first-order valence-corrected chi connectivity index (χ1v) is 5.63. The van der Waals surface area contributed by atoms with E-state index in [4.69, 9.17) is 10.2 Å². The summed E-state index contributed by atoms with van der Waals surface area (Å²) in [6.07, 6.45) is 0.658. The number of rotatable bonds is 6. The zero-order chi connectivity index (χ0) is 12.9. The van der Waals surface area contributed by atoms with Crippen LogP contribution in [0.25, 0.3) is 0 Å². The predicted octanol–water partition coefficient (Wildman–Crippen LogP) is 1.64. The van der Waals surface area contributed by atoms with E-state index in [-0.39, 0.29) is 12.1 Å². The molecule has 4 nitrogen and oxygen atoms in total. The Hall–Kier alpha value is -1.39. The molecule has 0 heterocycles. The molecule has 0 saturated carbocycles. The highest BCUT2D eigenvalue weighted by Gasteiger charge is 2.15. The van der Waals surface area contributed by atoms with E-state index in [2.05, 4.69) is 5.32 Å². The van der Waals surface area contributed by atoms with Gasteiger partial charge < -0.3 is 15.5 Å². The lowest BCUT2D eigenvalue weighted by atomic mass is 10.0. The van der Waals surface area contributed by atoms with Gasteiger partial charge in [-0.3, -0.25) is 0 Å². The monoisotopic (exact) mass is 237 g/mol. The van der Waals surface area contributed by atoms with E-state index in [9.17, 15) is 4.79 Å². The van der Waals surface area contributed by atoms with Crippen LogP contribution < -0.4 is 5.32 Å². The minimum atomic E-state index is -0.915. The lowest BCUT2D eigenvalue weighted by molar-refractivity contribution is 0.0696. The van der Waals surface area contributed by atoms with Crippen molar-refractivity contribution in [3.05, 3.63) is 35.4 Å². The van der Waals surface area contributed by atoms with Gasteiger partial charge in [0.05, 0.1) is 5.56 Å². The fourth-order valence-electron chi connectivity index (χ4n) is 1.52. The molecule has 0 radical (unpaired) electrons. The molecule has 0 bridgehead atoms. The maximum Gasteiger partial charge on any atom is 0.335 e. The van der Waals surface area contributed by atoms with Gasteiger partial charge in [0, 0.05) is 18.7 Å². The molecule has 0 atom stereocenters. The fraction of sp³-hybridized carbons (Fsp3) is 0.462. The average molecular weight is 237 g/mol. The maximum absolute atomic E-state index is 10.8. The molecule has 0 aromatic heterocycles. The molecule has 0 fully saturated rings. The van der Waals surface area contributed by atoms with Gasteiger partial charge in [-0.15, -0.1) is 0 Å². The van der Waals surface area contributed by atoms with Crippen molar-refractivity contribution >= 4 is 5.97 Å². The number of aliphatic hydroxyl groups is 1.